The molecule has 3 nitrogen and oxygen atoms in total. The average Bonchev–Trinajstić information content (AvgIpc) is 2.55. The van der Waals surface area contributed by atoms with Gasteiger partial charge in [-0.1, -0.05) is 67.2 Å². The Morgan fingerprint density at radius 2 is 1.59 bits per heavy atom. The molecule has 3 heteroatoms. The summed E-state index contributed by atoms with van der Waals surface area (Å²) < 4.78 is 5.77. The maximum Gasteiger partial charge on any atom is 0.0514 e. The quantitative estimate of drug-likeness (QED) is 0.403. The van der Waals surface area contributed by atoms with Gasteiger partial charge in [0.05, 0.1) is 6.61 Å². The summed E-state index contributed by atoms with van der Waals surface area (Å²) in [6.45, 7) is 20.4. The zero-order valence-corrected chi connectivity index (χ0v) is 19.5. The molecular formula is C24H50N2O. The van der Waals surface area contributed by atoms with E-state index in [1.807, 2.05) is 0 Å². The van der Waals surface area contributed by atoms with E-state index in [-0.39, 0.29) is 5.41 Å². The van der Waals surface area contributed by atoms with Crippen LogP contribution in [-0.4, -0.2) is 50.3 Å². The number of rotatable bonds is 13. The molecule has 0 radical (unpaired) electrons. The summed E-state index contributed by atoms with van der Waals surface area (Å²) in [6, 6.07) is 0.688. The Morgan fingerprint density at radius 3 is 2.30 bits per heavy atom. The zero-order chi connectivity index (χ0) is 20.2. The van der Waals surface area contributed by atoms with E-state index in [4.69, 9.17) is 4.74 Å². The number of unbranched alkanes of at least 4 members (excludes halogenated alkanes) is 4. The lowest BCUT2D eigenvalue weighted by molar-refractivity contribution is 0.0689. The third-order valence-electron chi connectivity index (χ3n) is 5.34. The summed E-state index contributed by atoms with van der Waals surface area (Å²) in [5.74, 6) is 0. The highest BCUT2D eigenvalue weighted by molar-refractivity contribution is 4.78. The Labute approximate surface area is 171 Å². The van der Waals surface area contributed by atoms with Crippen molar-refractivity contribution in [2.45, 2.75) is 105 Å². The van der Waals surface area contributed by atoms with E-state index < -0.39 is 0 Å². The number of nitrogens with one attached hydrogen (secondary N) is 1. The van der Waals surface area contributed by atoms with E-state index in [1.54, 1.807) is 0 Å². The maximum atomic E-state index is 5.77. The molecule has 162 valence electrons. The second-order valence-corrected chi connectivity index (χ2v) is 11.1. The van der Waals surface area contributed by atoms with Crippen LogP contribution in [0.1, 0.15) is 99.3 Å². The smallest absolute Gasteiger partial charge is 0.0514 e. The first-order valence-corrected chi connectivity index (χ1v) is 11.7. The van der Waals surface area contributed by atoms with Gasteiger partial charge in [-0.05, 0) is 62.6 Å². The summed E-state index contributed by atoms with van der Waals surface area (Å²) in [5.41, 5.74) is 0.790. The lowest BCUT2D eigenvalue weighted by atomic mass is 9.89. The molecule has 0 bridgehead atoms. The molecule has 1 atom stereocenters. The number of hydrogen-bond donors (Lipinski definition) is 1. The average molecular weight is 383 g/mol. The molecule has 1 heterocycles. The van der Waals surface area contributed by atoms with E-state index in [1.165, 1.54) is 71.0 Å². The molecule has 27 heavy (non-hydrogen) atoms. The van der Waals surface area contributed by atoms with E-state index in [0.29, 0.717) is 11.5 Å². The Bertz CT molecular complexity index is 356. The topological polar surface area (TPSA) is 24.5 Å². The van der Waals surface area contributed by atoms with Gasteiger partial charge in [0.1, 0.15) is 0 Å². The minimum absolute atomic E-state index is 0.282. The van der Waals surface area contributed by atoms with E-state index in [9.17, 15) is 0 Å². The molecule has 0 aromatic heterocycles. The second kappa shape index (κ2) is 13.2. The molecule has 0 aliphatic carbocycles. The first-order valence-electron chi connectivity index (χ1n) is 11.7. The SMILES string of the molecule is CC(C)(C)CCCCCCCN1CCCC(NCCCOCC(C)(C)C)C1. The van der Waals surface area contributed by atoms with Gasteiger partial charge in [-0.15, -0.1) is 0 Å². The van der Waals surface area contributed by atoms with E-state index in [0.717, 1.165) is 26.2 Å². The molecule has 1 aliphatic heterocycles. The van der Waals surface area contributed by atoms with Crippen LogP contribution in [0, 0.1) is 10.8 Å². The van der Waals surface area contributed by atoms with Crippen molar-refractivity contribution >= 4 is 0 Å². The number of hydrogen-bond acceptors (Lipinski definition) is 3. The first-order chi connectivity index (χ1) is 12.7. The number of ether oxygens (including phenoxy) is 1. The Balaban J connectivity index is 1.98. The van der Waals surface area contributed by atoms with Crippen LogP contribution in [0.3, 0.4) is 0 Å². The zero-order valence-electron chi connectivity index (χ0n) is 19.5. The molecule has 1 aliphatic rings. The molecule has 0 saturated carbocycles. The van der Waals surface area contributed by atoms with Crippen molar-refractivity contribution < 1.29 is 4.74 Å². The molecule has 1 fully saturated rings. The molecular weight excluding hydrogens is 332 g/mol. The van der Waals surface area contributed by atoms with Crippen LogP contribution in [-0.2, 0) is 4.74 Å². The summed E-state index contributed by atoms with van der Waals surface area (Å²) >= 11 is 0. The van der Waals surface area contributed by atoms with Gasteiger partial charge in [0.15, 0.2) is 0 Å². The molecule has 1 unspecified atom stereocenters. The standard InChI is InChI=1S/C24H50N2O/c1-23(2,3)15-10-8-7-9-11-17-26-18-12-14-22(20-26)25-16-13-19-27-21-24(4,5)6/h22,25H,7-21H2,1-6H3. The van der Waals surface area contributed by atoms with Crippen molar-refractivity contribution in [1.29, 1.82) is 0 Å². The van der Waals surface area contributed by atoms with Crippen LogP contribution in [0.5, 0.6) is 0 Å². The number of likely N-dealkylation sites (tertiary alicyclic amines) is 1. The fourth-order valence-corrected chi connectivity index (χ4v) is 3.81. The summed E-state index contributed by atoms with van der Waals surface area (Å²) in [5, 5.41) is 3.76. The first kappa shape index (κ1) is 24.9. The Kier molecular flexibility index (Phi) is 12.2. The van der Waals surface area contributed by atoms with E-state index >= 15 is 0 Å². The van der Waals surface area contributed by atoms with Gasteiger partial charge >= 0.3 is 0 Å². The lowest BCUT2D eigenvalue weighted by Crippen LogP contribution is -2.46. The predicted octanol–water partition coefficient (Wildman–Crippen LogP) is 5.88. The maximum absolute atomic E-state index is 5.77. The predicted molar refractivity (Wildman–Crippen MR) is 120 cm³/mol. The normalized spacial score (nSPS) is 19.6. The second-order valence-electron chi connectivity index (χ2n) is 11.1. The van der Waals surface area contributed by atoms with Crippen LogP contribution in [0.25, 0.3) is 0 Å². The summed E-state index contributed by atoms with van der Waals surface area (Å²) in [4.78, 5) is 2.69. The molecule has 1 rings (SSSR count). The Hall–Kier alpha value is -0.120. The van der Waals surface area contributed by atoms with Gasteiger partial charge in [-0.2, -0.15) is 0 Å². The van der Waals surface area contributed by atoms with Crippen molar-refractivity contribution in [2.24, 2.45) is 10.8 Å². The fraction of sp³-hybridized carbons (Fsp3) is 1.00. The number of piperidine rings is 1. The molecule has 0 spiro atoms. The Morgan fingerprint density at radius 1 is 0.889 bits per heavy atom. The highest BCUT2D eigenvalue weighted by Gasteiger charge is 2.18. The van der Waals surface area contributed by atoms with Gasteiger partial charge in [0.2, 0.25) is 0 Å². The largest absolute Gasteiger partial charge is 0.381 e. The third kappa shape index (κ3) is 15.5. The van der Waals surface area contributed by atoms with Gasteiger partial charge < -0.3 is 15.0 Å². The van der Waals surface area contributed by atoms with E-state index in [2.05, 4.69) is 51.8 Å². The third-order valence-corrected chi connectivity index (χ3v) is 5.34. The molecule has 1 N–H and O–H groups in total. The van der Waals surface area contributed by atoms with Crippen LogP contribution >= 0.6 is 0 Å². The van der Waals surface area contributed by atoms with Gasteiger partial charge in [0, 0.05) is 19.2 Å². The van der Waals surface area contributed by atoms with Crippen LogP contribution in [0.2, 0.25) is 0 Å². The van der Waals surface area contributed by atoms with Crippen molar-refractivity contribution in [1.82, 2.24) is 10.2 Å². The van der Waals surface area contributed by atoms with Gasteiger partial charge in [0.25, 0.3) is 0 Å². The summed E-state index contributed by atoms with van der Waals surface area (Å²) in [6.07, 6.45) is 12.2. The monoisotopic (exact) mass is 382 g/mol. The minimum atomic E-state index is 0.282. The van der Waals surface area contributed by atoms with Crippen molar-refractivity contribution in [2.75, 3.05) is 39.4 Å². The lowest BCUT2D eigenvalue weighted by Gasteiger charge is -2.33. The summed E-state index contributed by atoms with van der Waals surface area (Å²) in [7, 11) is 0. The van der Waals surface area contributed by atoms with Gasteiger partial charge in [-0.25, -0.2) is 0 Å². The highest BCUT2D eigenvalue weighted by Crippen LogP contribution is 2.22. The number of nitrogens with zero attached hydrogens (tertiary/aromatic N) is 1. The minimum Gasteiger partial charge on any atom is -0.381 e. The highest BCUT2D eigenvalue weighted by atomic mass is 16.5. The van der Waals surface area contributed by atoms with Crippen molar-refractivity contribution in [3.05, 3.63) is 0 Å². The van der Waals surface area contributed by atoms with Crippen LogP contribution < -0.4 is 5.32 Å². The van der Waals surface area contributed by atoms with Gasteiger partial charge in [-0.3, -0.25) is 0 Å². The van der Waals surface area contributed by atoms with Crippen molar-refractivity contribution in [3.8, 4) is 0 Å². The molecule has 0 aromatic carbocycles. The molecule has 1 saturated heterocycles. The molecule has 0 amide bonds. The fourth-order valence-electron chi connectivity index (χ4n) is 3.81. The van der Waals surface area contributed by atoms with Crippen LogP contribution in [0.4, 0.5) is 0 Å². The molecule has 0 aromatic rings. The van der Waals surface area contributed by atoms with Crippen molar-refractivity contribution in [3.63, 3.8) is 0 Å². The van der Waals surface area contributed by atoms with Crippen LogP contribution in [0.15, 0.2) is 0 Å².